The summed E-state index contributed by atoms with van der Waals surface area (Å²) in [6, 6.07) is 18.7. The molecule has 9 nitrogen and oxygen atoms in total. The molecule has 4 aromatic rings. The van der Waals surface area contributed by atoms with Gasteiger partial charge in [0.15, 0.2) is 5.65 Å². The number of ether oxygens (including phenoxy) is 1. The number of hydrogen-bond acceptors (Lipinski definition) is 6. The number of anilines is 2. The van der Waals surface area contributed by atoms with Crippen LogP contribution in [0.5, 0.6) is 5.75 Å². The minimum atomic E-state index is -0.200. The predicted octanol–water partition coefficient (Wildman–Crippen LogP) is 7.24. The Morgan fingerprint density at radius 3 is 2.56 bits per heavy atom. The summed E-state index contributed by atoms with van der Waals surface area (Å²) in [6.07, 6.45) is 7.04. The van der Waals surface area contributed by atoms with Gasteiger partial charge in [-0.25, -0.2) is 4.79 Å². The molecule has 238 valence electrons. The van der Waals surface area contributed by atoms with Gasteiger partial charge in [-0.2, -0.15) is 0 Å². The van der Waals surface area contributed by atoms with Gasteiger partial charge in [0.25, 0.3) is 0 Å². The minimum absolute atomic E-state index is 0.0288. The summed E-state index contributed by atoms with van der Waals surface area (Å²) in [7, 11) is 4.11. The minimum Gasteiger partial charge on any atom is -0.484 e. The van der Waals surface area contributed by atoms with Gasteiger partial charge < -0.3 is 25.2 Å². The molecule has 2 aliphatic rings. The molecule has 1 saturated heterocycles. The number of amides is 2. The number of urea groups is 1. The number of aromatic nitrogens is 3. The smallest absolute Gasteiger partial charge is 0.319 e. The zero-order chi connectivity index (χ0) is 31.7. The molecule has 1 fully saturated rings. The fourth-order valence-corrected chi connectivity index (χ4v) is 6.69. The highest BCUT2D eigenvalue weighted by Crippen LogP contribution is 2.39. The Morgan fingerprint density at radius 1 is 1.00 bits per heavy atom. The fourth-order valence-electron chi connectivity index (χ4n) is 6.69. The second kappa shape index (κ2) is 12.7. The fraction of sp³-hybridized carbons (Fsp3) is 0.472. The number of piperidine rings is 1. The lowest BCUT2D eigenvalue weighted by Crippen LogP contribution is -2.38. The second-order valence-corrected chi connectivity index (χ2v) is 14.0. The molecule has 1 aliphatic heterocycles. The molecular formula is C36H47N7O2. The van der Waals surface area contributed by atoms with E-state index >= 15 is 0 Å². The van der Waals surface area contributed by atoms with E-state index in [1.165, 1.54) is 24.0 Å². The van der Waals surface area contributed by atoms with Crippen LogP contribution in [0.2, 0.25) is 0 Å². The van der Waals surface area contributed by atoms with E-state index < -0.39 is 0 Å². The largest absolute Gasteiger partial charge is 0.484 e. The van der Waals surface area contributed by atoms with Crippen LogP contribution in [0.4, 0.5) is 16.4 Å². The molecule has 6 rings (SSSR count). The van der Waals surface area contributed by atoms with Crippen molar-refractivity contribution in [2.24, 2.45) is 0 Å². The van der Waals surface area contributed by atoms with E-state index in [0.717, 1.165) is 66.5 Å². The van der Waals surface area contributed by atoms with Crippen molar-refractivity contribution in [1.82, 2.24) is 24.8 Å². The molecular weight excluding hydrogens is 562 g/mol. The van der Waals surface area contributed by atoms with Gasteiger partial charge in [-0.05, 0) is 105 Å². The first-order valence-corrected chi connectivity index (χ1v) is 16.3. The van der Waals surface area contributed by atoms with E-state index in [1.807, 2.05) is 30.5 Å². The highest BCUT2D eigenvalue weighted by Gasteiger charge is 2.30. The highest BCUT2D eigenvalue weighted by molar-refractivity contribution is 5.89. The van der Waals surface area contributed by atoms with Crippen LogP contribution in [-0.2, 0) is 12.0 Å². The summed E-state index contributed by atoms with van der Waals surface area (Å²) in [6.45, 7) is 10.6. The Kier molecular flexibility index (Phi) is 8.73. The van der Waals surface area contributed by atoms with E-state index in [9.17, 15) is 4.79 Å². The SMILES string of the molecule is C[C@H]1CCCCN1c1nnc2ccc(O[C@@H]3CC[C@H](NC(=O)Nc4cc(CN(C)C)cc(C(C)(C)C)c4)c4ccccc43)cn12. The highest BCUT2D eigenvalue weighted by atomic mass is 16.5. The summed E-state index contributed by atoms with van der Waals surface area (Å²) >= 11 is 0. The molecule has 2 N–H and O–H groups in total. The summed E-state index contributed by atoms with van der Waals surface area (Å²) in [5.41, 5.74) is 6.16. The summed E-state index contributed by atoms with van der Waals surface area (Å²) in [5, 5.41) is 15.3. The molecule has 45 heavy (non-hydrogen) atoms. The van der Waals surface area contributed by atoms with Gasteiger partial charge >= 0.3 is 6.03 Å². The van der Waals surface area contributed by atoms with Crippen molar-refractivity contribution in [3.8, 4) is 5.75 Å². The van der Waals surface area contributed by atoms with Crippen molar-refractivity contribution in [1.29, 1.82) is 0 Å². The lowest BCUT2D eigenvalue weighted by Gasteiger charge is -2.33. The summed E-state index contributed by atoms with van der Waals surface area (Å²) in [5.74, 6) is 1.66. The topological polar surface area (TPSA) is 87.0 Å². The third-order valence-corrected chi connectivity index (χ3v) is 9.05. The maximum atomic E-state index is 13.4. The second-order valence-electron chi connectivity index (χ2n) is 14.0. The molecule has 0 radical (unpaired) electrons. The summed E-state index contributed by atoms with van der Waals surface area (Å²) in [4.78, 5) is 17.9. The van der Waals surface area contributed by atoms with Crippen molar-refractivity contribution >= 4 is 23.3 Å². The standard InChI is InChI=1S/C36H47N7O2/c1-24-11-9-10-18-42(24)35-40-39-33-17-14-28(23-43(33)35)45-32-16-15-31(29-12-7-8-13-30(29)32)38-34(44)37-27-20-25(22-41(5)6)19-26(21-27)36(2,3)4/h7-8,12-14,17,19-21,23-24,31-32H,9-11,15-16,18,22H2,1-6H3,(H2,37,38,44)/t24-,31-,32+/m0/s1. The van der Waals surface area contributed by atoms with Crippen molar-refractivity contribution in [2.75, 3.05) is 30.9 Å². The van der Waals surface area contributed by atoms with Gasteiger partial charge in [-0.1, -0.05) is 51.1 Å². The van der Waals surface area contributed by atoms with E-state index in [-0.39, 0.29) is 23.6 Å². The van der Waals surface area contributed by atoms with Crippen LogP contribution in [0.1, 0.15) is 94.2 Å². The molecule has 0 unspecified atom stereocenters. The van der Waals surface area contributed by atoms with E-state index in [2.05, 4.69) is 107 Å². The first kappa shape index (κ1) is 30.9. The molecule has 3 atom stereocenters. The zero-order valence-electron chi connectivity index (χ0n) is 27.5. The van der Waals surface area contributed by atoms with Gasteiger partial charge in [-0.3, -0.25) is 4.40 Å². The Balaban J connectivity index is 1.18. The third kappa shape index (κ3) is 6.93. The number of carbonyl (C=O) groups is 1. The monoisotopic (exact) mass is 609 g/mol. The Morgan fingerprint density at radius 2 is 1.80 bits per heavy atom. The summed E-state index contributed by atoms with van der Waals surface area (Å²) < 4.78 is 8.69. The van der Waals surface area contributed by atoms with E-state index in [1.54, 1.807) is 0 Å². The average Bonchev–Trinajstić information content (AvgIpc) is 3.41. The Labute approximate surface area is 267 Å². The predicted molar refractivity (Wildman–Crippen MR) is 180 cm³/mol. The van der Waals surface area contributed by atoms with Crippen LogP contribution in [0, 0.1) is 0 Å². The Hall–Kier alpha value is -4.11. The number of rotatable bonds is 7. The van der Waals surface area contributed by atoms with Crippen LogP contribution in [-0.4, -0.2) is 52.2 Å². The van der Waals surface area contributed by atoms with Gasteiger partial charge in [0.05, 0.1) is 12.2 Å². The van der Waals surface area contributed by atoms with Crippen LogP contribution >= 0.6 is 0 Å². The first-order chi connectivity index (χ1) is 21.5. The number of fused-ring (bicyclic) bond motifs is 2. The number of nitrogens with one attached hydrogen (secondary N) is 2. The molecule has 9 heteroatoms. The number of benzene rings is 2. The average molecular weight is 610 g/mol. The van der Waals surface area contributed by atoms with Crippen LogP contribution in [0.25, 0.3) is 5.65 Å². The quantitative estimate of drug-likeness (QED) is 0.230. The molecule has 1 aliphatic carbocycles. The number of carbonyl (C=O) groups excluding carboxylic acids is 1. The van der Waals surface area contributed by atoms with Gasteiger partial charge in [0.2, 0.25) is 5.95 Å². The Bertz CT molecular complexity index is 1660. The molecule has 2 aromatic heterocycles. The molecule has 0 bridgehead atoms. The number of hydrogen-bond donors (Lipinski definition) is 2. The lowest BCUT2D eigenvalue weighted by molar-refractivity contribution is 0.171. The third-order valence-electron chi connectivity index (χ3n) is 9.05. The number of pyridine rings is 1. The zero-order valence-corrected chi connectivity index (χ0v) is 27.5. The van der Waals surface area contributed by atoms with Gasteiger partial charge in [0.1, 0.15) is 11.9 Å². The normalized spacial score (nSPS) is 20.2. The van der Waals surface area contributed by atoms with Crippen LogP contribution in [0.3, 0.4) is 0 Å². The van der Waals surface area contributed by atoms with Crippen molar-refractivity contribution in [2.45, 2.75) is 89.9 Å². The van der Waals surface area contributed by atoms with Crippen molar-refractivity contribution < 1.29 is 9.53 Å². The molecule has 0 spiro atoms. The maximum Gasteiger partial charge on any atom is 0.319 e. The molecule has 2 amide bonds. The van der Waals surface area contributed by atoms with Crippen molar-refractivity contribution in [3.63, 3.8) is 0 Å². The van der Waals surface area contributed by atoms with Crippen LogP contribution < -0.4 is 20.3 Å². The van der Waals surface area contributed by atoms with Crippen molar-refractivity contribution in [3.05, 3.63) is 83.0 Å². The van der Waals surface area contributed by atoms with E-state index in [0.29, 0.717) is 6.04 Å². The number of nitrogens with zero attached hydrogens (tertiary/aromatic N) is 5. The van der Waals surface area contributed by atoms with Gasteiger partial charge in [0, 0.05) is 24.8 Å². The molecule has 0 saturated carbocycles. The lowest BCUT2D eigenvalue weighted by atomic mass is 9.85. The molecule has 3 heterocycles. The maximum absolute atomic E-state index is 13.4. The van der Waals surface area contributed by atoms with Crippen LogP contribution in [0.15, 0.2) is 60.8 Å². The van der Waals surface area contributed by atoms with Gasteiger partial charge in [-0.15, -0.1) is 10.2 Å². The molecule has 2 aromatic carbocycles. The van der Waals surface area contributed by atoms with E-state index in [4.69, 9.17) is 4.74 Å². The first-order valence-electron chi connectivity index (χ1n) is 16.3.